The van der Waals surface area contributed by atoms with Crippen molar-refractivity contribution < 1.29 is 23.2 Å². The van der Waals surface area contributed by atoms with Gasteiger partial charge in [0.2, 0.25) is 11.7 Å². The molecule has 1 atom stereocenters. The number of hydrogen-bond acceptors (Lipinski definition) is 9. The second-order valence-electron chi connectivity index (χ2n) is 9.75. The number of amides is 2. The van der Waals surface area contributed by atoms with Crippen molar-refractivity contribution in [3.05, 3.63) is 42.0 Å². The third-order valence-corrected chi connectivity index (χ3v) is 5.64. The molecule has 0 aliphatic carbocycles. The number of ether oxygens (including phenoxy) is 1. The van der Waals surface area contributed by atoms with Crippen LogP contribution in [0.4, 0.5) is 0 Å². The Labute approximate surface area is 209 Å². The molecule has 3 aromatic heterocycles. The summed E-state index contributed by atoms with van der Waals surface area (Å²) in [6.07, 6.45) is 1.49. The number of carbonyl (C=O) groups excluding carboxylic acids is 2. The fourth-order valence-corrected chi connectivity index (χ4v) is 3.96. The maximum Gasteiger partial charge on any atom is 0.251 e. The first-order chi connectivity index (χ1) is 17.2. The molecule has 2 amide bonds. The average Bonchev–Trinajstić information content (AvgIpc) is 3.58. The maximum absolute atomic E-state index is 13.7. The van der Waals surface area contributed by atoms with Gasteiger partial charge in [-0.3, -0.25) is 14.5 Å². The van der Waals surface area contributed by atoms with Crippen LogP contribution < -0.4 is 5.32 Å². The number of aromatic nitrogens is 4. The fraction of sp³-hybridized carbons (Fsp3) is 0.542. The zero-order valence-electron chi connectivity index (χ0n) is 21.1. The van der Waals surface area contributed by atoms with Gasteiger partial charge in [0.25, 0.3) is 5.91 Å². The summed E-state index contributed by atoms with van der Waals surface area (Å²) < 4.78 is 16.6. The molecule has 0 bridgehead atoms. The lowest BCUT2D eigenvalue weighted by Gasteiger charge is -2.34. The summed E-state index contributed by atoms with van der Waals surface area (Å²) in [6, 6.07) is 6.00. The molecule has 4 rings (SSSR count). The lowest BCUT2D eigenvalue weighted by Crippen LogP contribution is -2.52. The van der Waals surface area contributed by atoms with E-state index in [1.54, 1.807) is 24.3 Å². The minimum atomic E-state index is -0.955. The molecule has 3 aromatic rings. The zero-order valence-corrected chi connectivity index (χ0v) is 21.1. The highest BCUT2D eigenvalue weighted by Crippen LogP contribution is 2.24. The number of hydrogen-bond donors (Lipinski definition) is 1. The zero-order chi connectivity index (χ0) is 25.7. The van der Waals surface area contributed by atoms with E-state index < -0.39 is 11.6 Å². The third kappa shape index (κ3) is 6.58. The van der Waals surface area contributed by atoms with Crippen LogP contribution in [0.15, 0.2) is 39.4 Å². The fourth-order valence-electron chi connectivity index (χ4n) is 3.96. The van der Waals surface area contributed by atoms with Crippen LogP contribution in [-0.4, -0.2) is 86.8 Å². The van der Waals surface area contributed by atoms with Gasteiger partial charge in [-0.05, 0) is 57.2 Å². The second kappa shape index (κ2) is 11.0. The Morgan fingerprint density at radius 1 is 1.19 bits per heavy atom. The molecule has 1 aliphatic heterocycles. The number of tetrazole rings is 1. The molecular weight excluding hydrogens is 466 g/mol. The predicted molar refractivity (Wildman–Crippen MR) is 129 cm³/mol. The Hall–Kier alpha value is -3.51. The highest BCUT2D eigenvalue weighted by molar-refractivity contribution is 5.88. The normalized spacial score (nSPS) is 15.6. The Kier molecular flexibility index (Phi) is 7.85. The van der Waals surface area contributed by atoms with Gasteiger partial charge >= 0.3 is 0 Å². The van der Waals surface area contributed by atoms with Gasteiger partial charge in [0, 0.05) is 31.7 Å². The van der Waals surface area contributed by atoms with Crippen molar-refractivity contribution in [1.29, 1.82) is 0 Å². The lowest BCUT2D eigenvalue weighted by molar-refractivity contribution is -0.143. The topological polar surface area (TPSA) is 132 Å². The first-order valence-electron chi connectivity index (χ1n) is 12.0. The number of carbonyl (C=O) groups is 2. The summed E-state index contributed by atoms with van der Waals surface area (Å²) in [5, 5.41) is 15.3. The third-order valence-electron chi connectivity index (χ3n) is 5.64. The van der Waals surface area contributed by atoms with E-state index >= 15 is 0 Å². The van der Waals surface area contributed by atoms with Crippen LogP contribution in [0.3, 0.4) is 0 Å². The van der Waals surface area contributed by atoms with E-state index in [2.05, 4.69) is 25.6 Å². The summed E-state index contributed by atoms with van der Waals surface area (Å²) in [7, 11) is 0. The standard InChI is InChI=1S/C24H33N7O5/c1-17-7-8-19(36-17)22-26-28-31(27-22)16-20(32)30(10-9-29-11-14-34-15-12-29)21(18-6-5-13-35-18)23(33)25-24(2,3)4/h5-8,13,21H,9-12,14-16H2,1-4H3,(H,25,33). The molecule has 36 heavy (non-hydrogen) atoms. The number of aryl methyl sites for hydroxylation is 1. The SMILES string of the molecule is Cc1ccc(-c2nnn(CC(=O)N(CCN3CCOCC3)C(C(=O)NC(C)(C)C)c3ccco3)n2)o1. The van der Waals surface area contributed by atoms with E-state index in [9.17, 15) is 9.59 Å². The second-order valence-corrected chi connectivity index (χ2v) is 9.75. The van der Waals surface area contributed by atoms with Crippen molar-refractivity contribution in [1.82, 2.24) is 35.3 Å². The Morgan fingerprint density at radius 3 is 2.61 bits per heavy atom. The molecule has 0 saturated carbocycles. The van der Waals surface area contributed by atoms with Crippen LogP contribution in [-0.2, 0) is 20.9 Å². The molecule has 12 nitrogen and oxygen atoms in total. The maximum atomic E-state index is 13.7. The van der Waals surface area contributed by atoms with Gasteiger partial charge in [-0.1, -0.05) is 0 Å². The van der Waals surface area contributed by atoms with E-state index in [0.717, 1.165) is 18.8 Å². The molecule has 1 aliphatic rings. The van der Waals surface area contributed by atoms with E-state index in [1.165, 1.54) is 16.0 Å². The van der Waals surface area contributed by atoms with Gasteiger partial charge in [0.15, 0.2) is 11.8 Å². The van der Waals surface area contributed by atoms with Crippen molar-refractivity contribution in [2.45, 2.75) is 45.8 Å². The first kappa shape index (κ1) is 25.6. The number of nitrogens with zero attached hydrogens (tertiary/aromatic N) is 6. The number of morpholine rings is 1. The summed E-state index contributed by atoms with van der Waals surface area (Å²) in [4.78, 5) is 32.0. The Bertz CT molecular complexity index is 1140. The Balaban J connectivity index is 1.58. The van der Waals surface area contributed by atoms with E-state index in [1.807, 2.05) is 27.7 Å². The van der Waals surface area contributed by atoms with Crippen LogP contribution >= 0.6 is 0 Å². The van der Waals surface area contributed by atoms with E-state index in [0.29, 0.717) is 37.8 Å². The number of rotatable bonds is 9. The molecule has 194 valence electrons. The number of nitrogens with one attached hydrogen (secondary N) is 1. The number of furan rings is 2. The lowest BCUT2D eigenvalue weighted by atomic mass is 10.1. The molecule has 0 radical (unpaired) electrons. The van der Waals surface area contributed by atoms with Crippen molar-refractivity contribution in [3.8, 4) is 11.6 Å². The van der Waals surface area contributed by atoms with Crippen LogP contribution in [0.25, 0.3) is 11.6 Å². The van der Waals surface area contributed by atoms with E-state index in [-0.39, 0.29) is 24.2 Å². The highest BCUT2D eigenvalue weighted by Gasteiger charge is 2.35. The van der Waals surface area contributed by atoms with Gasteiger partial charge in [0.1, 0.15) is 18.1 Å². The molecule has 0 aromatic carbocycles. The van der Waals surface area contributed by atoms with Crippen LogP contribution in [0.2, 0.25) is 0 Å². The average molecular weight is 500 g/mol. The molecular formula is C24H33N7O5. The summed E-state index contributed by atoms with van der Waals surface area (Å²) in [5.74, 6) is 1.18. The van der Waals surface area contributed by atoms with Crippen molar-refractivity contribution >= 4 is 11.8 Å². The molecule has 12 heteroatoms. The van der Waals surface area contributed by atoms with Gasteiger partial charge in [-0.2, -0.15) is 4.80 Å². The predicted octanol–water partition coefficient (Wildman–Crippen LogP) is 1.65. The Morgan fingerprint density at radius 2 is 1.97 bits per heavy atom. The minimum Gasteiger partial charge on any atom is -0.467 e. The largest absolute Gasteiger partial charge is 0.467 e. The summed E-state index contributed by atoms with van der Waals surface area (Å²) in [5.41, 5.74) is -0.496. The van der Waals surface area contributed by atoms with Gasteiger partial charge < -0.3 is 23.8 Å². The molecule has 1 saturated heterocycles. The molecule has 1 unspecified atom stereocenters. The van der Waals surface area contributed by atoms with Crippen molar-refractivity contribution in [2.75, 3.05) is 39.4 Å². The van der Waals surface area contributed by atoms with Gasteiger partial charge in [-0.25, -0.2) is 0 Å². The first-order valence-corrected chi connectivity index (χ1v) is 12.0. The van der Waals surface area contributed by atoms with Crippen molar-refractivity contribution in [3.63, 3.8) is 0 Å². The quantitative estimate of drug-likeness (QED) is 0.467. The van der Waals surface area contributed by atoms with Crippen LogP contribution in [0.1, 0.15) is 38.3 Å². The van der Waals surface area contributed by atoms with Crippen molar-refractivity contribution in [2.24, 2.45) is 0 Å². The molecule has 4 heterocycles. The smallest absolute Gasteiger partial charge is 0.251 e. The summed E-state index contributed by atoms with van der Waals surface area (Å²) >= 11 is 0. The highest BCUT2D eigenvalue weighted by atomic mass is 16.5. The monoisotopic (exact) mass is 499 g/mol. The van der Waals surface area contributed by atoms with Crippen LogP contribution in [0.5, 0.6) is 0 Å². The van der Waals surface area contributed by atoms with Gasteiger partial charge in [0.05, 0.1) is 19.5 Å². The van der Waals surface area contributed by atoms with E-state index in [4.69, 9.17) is 13.6 Å². The molecule has 1 N–H and O–H groups in total. The molecule has 1 fully saturated rings. The molecule has 0 spiro atoms. The van der Waals surface area contributed by atoms with Gasteiger partial charge in [-0.15, -0.1) is 10.2 Å². The van der Waals surface area contributed by atoms with Crippen LogP contribution in [0, 0.1) is 6.92 Å². The summed E-state index contributed by atoms with van der Waals surface area (Å²) in [6.45, 7) is 11.0. The minimum absolute atomic E-state index is 0.199.